The highest BCUT2D eigenvalue weighted by Gasteiger charge is 2.29. The Morgan fingerprint density at radius 3 is 2.50 bits per heavy atom. The fraction of sp³-hybridized carbons (Fsp3) is 0.231. The standard InChI is InChI=1S/C13H9Cl2IN2/c14-9-4-2-1-3-8(9)13-17-11(7-5-6-7)10(16)12(15)18-13/h1-4,7H,5-6H2. The smallest absolute Gasteiger partial charge is 0.162 e. The molecule has 3 rings (SSSR count). The molecular formula is C13H9Cl2IN2. The van der Waals surface area contributed by atoms with Crippen molar-refractivity contribution in [3.05, 3.63) is 43.7 Å². The molecule has 2 aromatic rings. The Morgan fingerprint density at radius 1 is 1.11 bits per heavy atom. The monoisotopic (exact) mass is 390 g/mol. The molecule has 1 aromatic heterocycles. The minimum Gasteiger partial charge on any atom is -0.232 e. The second-order valence-electron chi connectivity index (χ2n) is 4.29. The molecular weight excluding hydrogens is 382 g/mol. The highest BCUT2D eigenvalue weighted by molar-refractivity contribution is 14.1. The molecule has 1 aliphatic rings. The predicted octanol–water partition coefficient (Wildman–Crippen LogP) is 4.93. The van der Waals surface area contributed by atoms with Crippen molar-refractivity contribution in [1.29, 1.82) is 0 Å². The van der Waals surface area contributed by atoms with Gasteiger partial charge >= 0.3 is 0 Å². The van der Waals surface area contributed by atoms with E-state index in [2.05, 4.69) is 32.6 Å². The molecule has 92 valence electrons. The molecule has 0 amide bonds. The lowest BCUT2D eigenvalue weighted by Gasteiger charge is -2.08. The quantitative estimate of drug-likeness (QED) is 0.536. The molecule has 0 unspecified atom stereocenters. The van der Waals surface area contributed by atoms with E-state index in [4.69, 9.17) is 23.2 Å². The molecule has 1 aromatic carbocycles. The van der Waals surface area contributed by atoms with E-state index in [0.29, 0.717) is 21.9 Å². The Hall–Kier alpha value is -0.390. The van der Waals surface area contributed by atoms with Crippen LogP contribution in [0.5, 0.6) is 0 Å². The van der Waals surface area contributed by atoms with E-state index in [1.54, 1.807) is 0 Å². The normalized spacial score (nSPS) is 14.8. The highest BCUT2D eigenvalue weighted by Crippen LogP contribution is 2.43. The van der Waals surface area contributed by atoms with E-state index in [0.717, 1.165) is 14.8 Å². The lowest BCUT2D eigenvalue weighted by molar-refractivity contribution is 0.978. The van der Waals surface area contributed by atoms with E-state index in [1.807, 2.05) is 24.3 Å². The summed E-state index contributed by atoms with van der Waals surface area (Å²) in [4.78, 5) is 8.98. The zero-order valence-corrected chi connectivity index (χ0v) is 13.0. The fourth-order valence-corrected chi connectivity index (χ4v) is 2.90. The SMILES string of the molecule is Clc1ccccc1-c1nc(Cl)c(I)c(C2CC2)n1. The molecule has 5 heteroatoms. The summed E-state index contributed by atoms with van der Waals surface area (Å²) in [6.07, 6.45) is 2.37. The number of halogens is 3. The molecule has 18 heavy (non-hydrogen) atoms. The van der Waals surface area contributed by atoms with Gasteiger partial charge in [-0.15, -0.1) is 0 Å². The number of hydrogen-bond acceptors (Lipinski definition) is 2. The van der Waals surface area contributed by atoms with Crippen molar-refractivity contribution in [2.24, 2.45) is 0 Å². The summed E-state index contributed by atoms with van der Waals surface area (Å²) < 4.78 is 0.965. The molecule has 1 saturated carbocycles. The Labute approximate surface area is 129 Å². The van der Waals surface area contributed by atoms with Crippen molar-refractivity contribution in [2.75, 3.05) is 0 Å². The first kappa shape index (κ1) is 12.6. The van der Waals surface area contributed by atoms with Crippen LogP contribution >= 0.6 is 45.8 Å². The van der Waals surface area contributed by atoms with E-state index < -0.39 is 0 Å². The van der Waals surface area contributed by atoms with Gasteiger partial charge < -0.3 is 0 Å². The first-order chi connectivity index (χ1) is 8.66. The molecule has 2 nitrogen and oxygen atoms in total. The fourth-order valence-electron chi connectivity index (χ4n) is 1.83. The largest absolute Gasteiger partial charge is 0.232 e. The molecule has 1 aliphatic carbocycles. The van der Waals surface area contributed by atoms with Crippen molar-refractivity contribution in [1.82, 2.24) is 9.97 Å². The maximum absolute atomic E-state index is 6.19. The average Bonchev–Trinajstić information content (AvgIpc) is 3.17. The molecule has 0 aliphatic heterocycles. The summed E-state index contributed by atoms with van der Waals surface area (Å²) in [7, 11) is 0. The summed E-state index contributed by atoms with van der Waals surface area (Å²) in [5, 5.41) is 1.17. The predicted molar refractivity (Wildman–Crippen MR) is 82.2 cm³/mol. The molecule has 0 bridgehead atoms. The van der Waals surface area contributed by atoms with Gasteiger partial charge in [0, 0.05) is 11.5 Å². The summed E-state index contributed by atoms with van der Waals surface area (Å²) in [5.74, 6) is 1.16. The summed E-state index contributed by atoms with van der Waals surface area (Å²) >= 11 is 14.6. The lowest BCUT2D eigenvalue weighted by atomic mass is 10.2. The maximum atomic E-state index is 6.19. The van der Waals surface area contributed by atoms with Gasteiger partial charge in [0.25, 0.3) is 0 Å². The van der Waals surface area contributed by atoms with Crippen LogP contribution < -0.4 is 0 Å². The van der Waals surface area contributed by atoms with Crippen molar-refractivity contribution in [2.45, 2.75) is 18.8 Å². The van der Waals surface area contributed by atoms with Crippen molar-refractivity contribution in [3.63, 3.8) is 0 Å². The van der Waals surface area contributed by atoms with Gasteiger partial charge in [-0.3, -0.25) is 0 Å². The average molecular weight is 391 g/mol. The molecule has 1 fully saturated rings. The first-order valence-corrected chi connectivity index (χ1v) is 7.48. The van der Waals surface area contributed by atoms with Crippen LogP contribution in [0, 0.1) is 3.57 Å². The number of nitrogens with zero attached hydrogens (tertiary/aromatic N) is 2. The van der Waals surface area contributed by atoms with E-state index >= 15 is 0 Å². The van der Waals surface area contributed by atoms with Gasteiger partial charge in [0.2, 0.25) is 0 Å². The van der Waals surface area contributed by atoms with Crippen LogP contribution in [-0.4, -0.2) is 9.97 Å². The molecule has 0 atom stereocenters. The minimum atomic E-state index is 0.516. The van der Waals surface area contributed by atoms with E-state index in [9.17, 15) is 0 Å². The Bertz CT molecular complexity index is 612. The van der Waals surface area contributed by atoms with Gasteiger partial charge in [-0.1, -0.05) is 35.3 Å². The van der Waals surface area contributed by atoms with Gasteiger partial charge in [-0.25, -0.2) is 9.97 Å². The third-order valence-electron chi connectivity index (χ3n) is 2.92. The topological polar surface area (TPSA) is 25.8 Å². The van der Waals surface area contributed by atoms with Gasteiger partial charge in [0.1, 0.15) is 5.15 Å². The number of hydrogen-bond donors (Lipinski definition) is 0. The second-order valence-corrected chi connectivity index (χ2v) is 6.14. The van der Waals surface area contributed by atoms with Gasteiger partial charge in [0.05, 0.1) is 14.3 Å². The third kappa shape index (κ3) is 2.36. The van der Waals surface area contributed by atoms with Crippen LogP contribution in [0.2, 0.25) is 10.2 Å². The molecule has 0 N–H and O–H groups in total. The molecule has 0 spiro atoms. The zero-order valence-electron chi connectivity index (χ0n) is 9.33. The highest BCUT2D eigenvalue weighted by atomic mass is 127. The van der Waals surface area contributed by atoms with Gasteiger partial charge in [0.15, 0.2) is 5.82 Å². The number of benzene rings is 1. The third-order valence-corrected chi connectivity index (χ3v) is 4.90. The number of aromatic nitrogens is 2. The molecule has 0 saturated heterocycles. The lowest BCUT2D eigenvalue weighted by Crippen LogP contribution is -1.99. The summed E-state index contributed by atoms with van der Waals surface area (Å²) in [5.41, 5.74) is 1.89. The first-order valence-electron chi connectivity index (χ1n) is 5.64. The maximum Gasteiger partial charge on any atom is 0.162 e. The van der Waals surface area contributed by atoms with Crippen LogP contribution in [0.1, 0.15) is 24.5 Å². The molecule has 1 heterocycles. The molecule has 0 radical (unpaired) electrons. The van der Waals surface area contributed by atoms with Crippen LogP contribution in [0.25, 0.3) is 11.4 Å². The van der Waals surface area contributed by atoms with Crippen molar-refractivity contribution in [3.8, 4) is 11.4 Å². The Kier molecular flexibility index (Phi) is 3.47. The summed E-state index contributed by atoms with van der Waals surface area (Å²) in [6, 6.07) is 7.57. The van der Waals surface area contributed by atoms with Crippen molar-refractivity contribution >= 4 is 45.8 Å². The van der Waals surface area contributed by atoms with Crippen LogP contribution in [0.4, 0.5) is 0 Å². The van der Waals surface area contributed by atoms with E-state index in [-0.39, 0.29) is 0 Å². The van der Waals surface area contributed by atoms with E-state index in [1.165, 1.54) is 12.8 Å². The Morgan fingerprint density at radius 2 is 1.83 bits per heavy atom. The van der Waals surface area contributed by atoms with Gasteiger partial charge in [-0.05, 0) is 47.6 Å². The zero-order chi connectivity index (χ0) is 12.7. The Balaban J connectivity index is 2.16. The second kappa shape index (κ2) is 4.94. The van der Waals surface area contributed by atoms with Crippen molar-refractivity contribution < 1.29 is 0 Å². The van der Waals surface area contributed by atoms with Gasteiger partial charge in [-0.2, -0.15) is 0 Å². The minimum absolute atomic E-state index is 0.516. The summed E-state index contributed by atoms with van der Waals surface area (Å²) in [6.45, 7) is 0. The van der Waals surface area contributed by atoms with Crippen LogP contribution in [0.15, 0.2) is 24.3 Å². The number of rotatable bonds is 2. The van der Waals surface area contributed by atoms with Crippen LogP contribution in [0.3, 0.4) is 0 Å². The van der Waals surface area contributed by atoms with Crippen LogP contribution in [-0.2, 0) is 0 Å².